The van der Waals surface area contributed by atoms with E-state index in [2.05, 4.69) is 20.8 Å². The molecule has 0 bridgehead atoms. The highest BCUT2D eigenvalue weighted by atomic mass is 16.5. The summed E-state index contributed by atoms with van der Waals surface area (Å²) in [5, 5.41) is 0. The Labute approximate surface area is 282 Å². The average molecular weight is 653 g/mol. The SMILES string of the molecule is COC1CCC(C(C)(C)C2CCC(OC3CCC4C(=O)N(C5CCC(N6C(=O)C7CCC(C)CC7C6=O)CC5)C(=O)C4C3)CC2)CC1. The molecule has 0 aromatic rings. The Morgan fingerprint density at radius 1 is 0.511 bits per heavy atom. The van der Waals surface area contributed by atoms with Gasteiger partial charge in [0.1, 0.15) is 0 Å². The first-order valence-electron chi connectivity index (χ1n) is 19.5. The molecule has 5 aliphatic carbocycles. The van der Waals surface area contributed by atoms with Crippen LogP contribution in [-0.2, 0) is 28.7 Å². The smallest absolute Gasteiger partial charge is 0.233 e. The molecule has 6 unspecified atom stereocenters. The first kappa shape index (κ1) is 33.7. The Bertz CT molecular complexity index is 1190. The van der Waals surface area contributed by atoms with Crippen molar-refractivity contribution in [2.45, 2.75) is 167 Å². The first-order valence-corrected chi connectivity index (χ1v) is 19.5. The summed E-state index contributed by atoms with van der Waals surface area (Å²) >= 11 is 0. The average Bonchev–Trinajstić information content (AvgIpc) is 3.48. The monoisotopic (exact) mass is 652 g/mol. The van der Waals surface area contributed by atoms with Crippen LogP contribution in [0.15, 0.2) is 0 Å². The fourth-order valence-electron chi connectivity index (χ4n) is 11.6. The van der Waals surface area contributed by atoms with Gasteiger partial charge in [-0.05, 0) is 139 Å². The first-order chi connectivity index (χ1) is 22.6. The number of ether oxygens (including phenoxy) is 2. The van der Waals surface area contributed by atoms with E-state index in [1.54, 1.807) is 9.80 Å². The number of carbonyl (C=O) groups excluding carboxylic acids is 4. The van der Waals surface area contributed by atoms with Gasteiger partial charge in [-0.15, -0.1) is 0 Å². The van der Waals surface area contributed by atoms with E-state index in [9.17, 15) is 19.2 Å². The summed E-state index contributed by atoms with van der Waals surface area (Å²) in [4.78, 5) is 57.2. The number of hydrogen-bond donors (Lipinski definition) is 0. The van der Waals surface area contributed by atoms with Crippen molar-refractivity contribution < 1.29 is 28.7 Å². The van der Waals surface area contributed by atoms with Gasteiger partial charge in [-0.2, -0.15) is 0 Å². The molecule has 5 saturated carbocycles. The normalized spacial score (nSPS) is 43.3. The Balaban J connectivity index is 0.889. The third kappa shape index (κ3) is 6.25. The van der Waals surface area contributed by atoms with E-state index >= 15 is 0 Å². The zero-order valence-corrected chi connectivity index (χ0v) is 29.5. The molecular formula is C39H60N2O6. The molecular weight excluding hydrogens is 592 g/mol. The summed E-state index contributed by atoms with van der Waals surface area (Å²) < 4.78 is 12.3. The lowest BCUT2D eigenvalue weighted by Gasteiger charge is -2.47. The van der Waals surface area contributed by atoms with E-state index in [-0.39, 0.29) is 71.6 Å². The molecule has 4 amide bonds. The van der Waals surface area contributed by atoms with E-state index in [0.29, 0.717) is 49.5 Å². The van der Waals surface area contributed by atoms with Crippen LogP contribution < -0.4 is 0 Å². The molecule has 6 atom stereocenters. The van der Waals surface area contributed by atoms with Crippen LogP contribution in [0, 0.1) is 46.8 Å². The van der Waals surface area contributed by atoms with Crippen molar-refractivity contribution in [1.29, 1.82) is 0 Å². The second-order valence-corrected chi connectivity index (χ2v) is 17.5. The van der Waals surface area contributed by atoms with Crippen molar-refractivity contribution in [1.82, 2.24) is 9.80 Å². The largest absolute Gasteiger partial charge is 0.381 e. The number of methoxy groups -OCH3 is 1. The van der Waals surface area contributed by atoms with Crippen molar-refractivity contribution in [3.63, 3.8) is 0 Å². The molecule has 0 N–H and O–H groups in total. The molecule has 7 aliphatic rings. The summed E-state index contributed by atoms with van der Waals surface area (Å²) in [5.41, 5.74) is 0.345. The standard InChI is InChI=1S/C39H60N2O6/c1-23-5-19-31-33(21-23)37(44)40(35(31)42)26-10-12-27(13-11-26)41-36(43)32-20-18-30(22-34(32)38(41)45)47-29-16-8-25(9-17-29)39(2,3)24-6-14-28(46-4)15-7-24/h23-34H,5-22H2,1-4H3. The fraction of sp³-hybridized carbons (Fsp3) is 0.897. The lowest BCUT2D eigenvalue weighted by atomic mass is 9.60. The maximum Gasteiger partial charge on any atom is 0.233 e. The predicted octanol–water partition coefficient (Wildman–Crippen LogP) is 6.68. The van der Waals surface area contributed by atoms with Crippen LogP contribution >= 0.6 is 0 Å². The van der Waals surface area contributed by atoms with Crippen molar-refractivity contribution in [2.75, 3.05) is 7.11 Å². The number of hydrogen-bond acceptors (Lipinski definition) is 6. The van der Waals surface area contributed by atoms with Crippen LogP contribution in [0.1, 0.15) is 136 Å². The maximum atomic E-state index is 13.8. The van der Waals surface area contributed by atoms with E-state index < -0.39 is 0 Å². The third-order valence-corrected chi connectivity index (χ3v) is 14.7. The highest BCUT2D eigenvalue weighted by Gasteiger charge is 2.55. The number of likely N-dealkylation sites (tertiary alicyclic amines) is 2. The maximum absolute atomic E-state index is 13.8. The summed E-state index contributed by atoms with van der Waals surface area (Å²) in [6, 6.07) is -0.208. The molecule has 47 heavy (non-hydrogen) atoms. The quantitative estimate of drug-likeness (QED) is 0.285. The molecule has 262 valence electrons. The second kappa shape index (κ2) is 13.5. The number of imide groups is 2. The van der Waals surface area contributed by atoms with Gasteiger partial charge >= 0.3 is 0 Å². The van der Waals surface area contributed by atoms with Crippen LogP contribution in [0.3, 0.4) is 0 Å². The molecule has 0 spiro atoms. The molecule has 8 nitrogen and oxygen atoms in total. The molecule has 0 radical (unpaired) electrons. The lowest BCUT2D eigenvalue weighted by molar-refractivity contribution is -0.148. The highest BCUT2D eigenvalue weighted by Crippen LogP contribution is 2.50. The van der Waals surface area contributed by atoms with Gasteiger partial charge in [0.15, 0.2) is 0 Å². The van der Waals surface area contributed by atoms with Crippen LogP contribution in [0.5, 0.6) is 0 Å². The van der Waals surface area contributed by atoms with Gasteiger partial charge in [-0.3, -0.25) is 29.0 Å². The van der Waals surface area contributed by atoms with Crippen molar-refractivity contribution >= 4 is 23.6 Å². The van der Waals surface area contributed by atoms with E-state index in [0.717, 1.165) is 56.8 Å². The molecule has 2 heterocycles. The van der Waals surface area contributed by atoms with Crippen molar-refractivity contribution in [3.05, 3.63) is 0 Å². The van der Waals surface area contributed by atoms with E-state index in [4.69, 9.17) is 9.47 Å². The Morgan fingerprint density at radius 2 is 0.936 bits per heavy atom. The summed E-state index contributed by atoms with van der Waals surface area (Å²) in [6.07, 6.45) is 17.9. The molecule has 0 aromatic carbocycles. The number of rotatable bonds is 7. The number of fused-ring (bicyclic) bond motifs is 2. The number of amides is 4. The van der Waals surface area contributed by atoms with E-state index in [1.165, 1.54) is 38.5 Å². The van der Waals surface area contributed by atoms with Gasteiger partial charge in [0.2, 0.25) is 23.6 Å². The summed E-state index contributed by atoms with van der Waals surface area (Å²) in [7, 11) is 1.85. The molecule has 2 saturated heterocycles. The van der Waals surface area contributed by atoms with Gasteiger partial charge < -0.3 is 9.47 Å². The Kier molecular flexibility index (Phi) is 9.67. The minimum Gasteiger partial charge on any atom is -0.381 e. The zero-order valence-electron chi connectivity index (χ0n) is 29.5. The molecule has 2 aliphatic heterocycles. The fourth-order valence-corrected chi connectivity index (χ4v) is 11.6. The van der Waals surface area contributed by atoms with Gasteiger partial charge in [0.25, 0.3) is 0 Å². The number of carbonyl (C=O) groups is 4. The lowest BCUT2D eigenvalue weighted by Crippen LogP contribution is -2.48. The highest BCUT2D eigenvalue weighted by molar-refractivity contribution is 6.06. The van der Waals surface area contributed by atoms with E-state index in [1.807, 2.05) is 7.11 Å². The Hall–Kier alpha value is -1.80. The van der Waals surface area contributed by atoms with Crippen LogP contribution in [-0.4, -0.2) is 70.9 Å². The Morgan fingerprint density at radius 3 is 1.45 bits per heavy atom. The third-order valence-electron chi connectivity index (χ3n) is 14.7. The molecule has 7 fully saturated rings. The van der Waals surface area contributed by atoms with Gasteiger partial charge in [0.05, 0.1) is 42.0 Å². The van der Waals surface area contributed by atoms with Crippen molar-refractivity contribution in [3.8, 4) is 0 Å². The van der Waals surface area contributed by atoms with Gasteiger partial charge in [-0.25, -0.2) is 0 Å². The zero-order chi connectivity index (χ0) is 33.0. The van der Waals surface area contributed by atoms with Gasteiger partial charge in [0, 0.05) is 19.2 Å². The van der Waals surface area contributed by atoms with Crippen LogP contribution in [0.25, 0.3) is 0 Å². The van der Waals surface area contributed by atoms with Gasteiger partial charge in [-0.1, -0.05) is 20.8 Å². The van der Waals surface area contributed by atoms with Crippen LogP contribution in [0.2, 0.25) is 0 Å². The predicted molar refractivity (Wildman–Crippen MR) is 178 cm³/mol. The van der Waals surface area contributed by atoms with Crippen molar-refractivity contribution in [2.24, 2.45) is 46.8 Å². The van der Waals surface area contributed by atoms with Crippen LogP contribution in [0.4, 0.5) is 0 Å². The molecule has 0 aromatic heterocycles. The minimum absolute atomic E-state index is 0.00117. The minimum atomic E-state index is -0.261. The molecule has 8 heteroatoms. The summed E-state index contributed by atoms with van der Waals surface area (Å²) in [5.74, 6) is 1.32. The molecule has 7 rings (SSSR count). The topological polar surface area (TPSA) is 93.2 Å². The summed E-state index contributed by atoms with van der Waals surface area (Å²) in [6.45, 7) is 7.17. The second-order valence-electron chi connectivity index (χ2n) is 17.5. The number of nitrogens with zero attached hydrogens (tertiary/aromatic N) is 2.